The van der Waals surface area contributed by atoms with Crippen molar-refractivity contribution in [2.45, 2.75) is 52.6 Å². The number of hydrogen-bond acceptors (Lipinski definition) is 10. The number of hydrogen-bond donors (Lipinski definition) is 2. The molecule has 0 saturated carbocycles. The predicted molar refractivity (Wildman–Crippen MR) is 118 cm³/mol. The number of carbonyl (C=O) groups is 5. The van der Waals surface area contributed by atoms with Crippen LogP contribution in [0.1, 0.15) is 40.5 Å². The van der Waals surface area contributed by atoms with Crippen molar-refractivity contribution in [3.05, 3.63) is 0 Å². The summed E-state index contributed by atoms with van der Waals surface area (Å²) in [6, 6.07) is -1.84. The molecule has 2 unspecified atom stereocenters. The van der Waals surface area contributed by atoms with E-state index >= 15 is 0 Å². The molecule has 0 aromatic rings. The van der Waals surface area contributed by atoms with E-state index in [0.717, 1.165) is 0 Å². The average Bonchev–Trinajstić information content (AvgIpc) is 2.75. The van der Waals surface area contributed by atoms with Crippen LogP contribution in [0.2, 0.25) is 0 Å². The summed E-state index contributed by atoms with van der Waals surface area (Å²) in [6.07, 6.45) is -0.141. The molecule has 2 radical (unpaired) electrons. The van der Waals surface area contributed by atoms with Gasteiger partial charge in [0.25, 0.3) is 0 Å². The monoisotopic (exact) mass is 471 g/mol. The van der Waals surface area contributed by atoms with Crippen molar-refractivity contribution in [2.24, 2.45) is 0 Å². The Morgan fingerprint density at radius 2 is 1.12 bits per heavy atom. The van der Waals surface area contributed by atoms with Gasteiger partial charge in [-0.15, -0.1) is 0 Å². The number of alkyl carbamates (subject to hydrolysis) is 2. The Kier molecular flexibility index (Phi) is 16.2. The largest absolute Gasteiger partial charge is 0.463 e. The molecule has 13 heteroatoms. The number of nitrogens with zero attached hydrogens (tertiary/aromatic N) is 1. The Morgan fingerprint density at radius 1 is 0.727 bits per heavy atom. The lowest BCUT2D eigenvalue weighted by atomic mass is 10.0. The van der Waals surface area contributed by atoms with Crippen LogP contribution in [0.15, 0.2) is 0 Å². The number of ether oxygens (including phenoxy) is 4. The minimum absolute atomic E-state index is 0.0860. The van der Waals surface area contributed by atoms with E-state index in [1.54, 1.807) is 0 Å². The number of esters is 2. The van der Waals surface area contributed by atoms with E-state index in [0.29, 0.717) is 12.8 Å². The van der Waals surface area contributed by atoms with Gasteiger partial charge in [-0.05, 0) is 26.7 Å². The van der Waals surface area contributed by atoms with Gasteiger partial charge in [0.15, 0.2) is 7.85 Å². The molecule has 2 amide bonds. The lowest BCUT2D eigenvalue weighted by molar-refractivity contribution is -0.146. The van der Waals surface area contributed by atoms with Gasteiger partial charge >= 0.3 is 24.1 Å². The van der Waals surface area contributed by atoms with Gasteiger partial charge in [-0.1, -0.05) is 13.8 Å². The SMILES string of the molecule is [B]C(=O)CN(CCOC(=O)C(C)NC(=O)OCCC)CCOC(=O)C(C)NC(=O)OCCC. The van der Waals surface area contributed by atoms with Gasteiger partial charge in [0.2, 0.25) is 0 Å². The van der Waals surface area contributed by atoms with E-state index in [-0.39, 0.29) is 46.1 Å². The molecular weight excluding hydrogens is 437 g/mol. The molecule has 0 heterocycles. The molecule has 0 aliphatic heterocycles. The summed E-state index contributed by atoms with van der Waals surface area (Å²) in [7, 11) is 5.22. The van der Waals surface area contributed by atoms with Crippen LogP contribution in [0.4, 0.5) is 9.59 Å². The summed E-state index contributed by atoms with van der Waals surface area (Å²) in [4.78, 5) is 59.7. The molecular formula is C20H34BN3O9. The van der Waals surface area contributed by atoms with Gasteiger partial charge in [0, 0.05) is 19.6 Å². The molecule has 0 aliphatic rings. The molecule has 0 aromatic carbocycles. The van der Waals surface area contributed by atoms with Crippen molar-refractivity contribution < 1.29 is 42.9 Å². The molecule has 0 bridgehead atoms. The smallest absolute Gasteiger partial charge is 0.407 e. The van der Waals surface area contributed by atoms with Crippen LogP contribution in [0, 0.1) is 0 Å². The summed E-state index contributed by atoms with van der Waals surface area (Å²) in [5.74, 6) is -1.35. The molecule has 0 rings (SSSR count). The van der Waals surface area contributed by atoms with Crippen molar-refractivity contribution in [3.63, 3.8) is 0 Å². The van der Waals surface area contributed by atoms with Crippen LogP contribution in [0.25, 0.3) is 0 Å². The lowest BCUT2D eigenvalue weighted by Gasteiger charge is -2.22. The molecule has 186 valence electrons. The fourth-order valence-corrected chi connectivity index (χ4v) is 2.24. The van der Waals surface area contributed by atoms with Crippen LogP contribution in [0.5, 0.6) is 0 Å². The molecule has 0 fully saturated rings. The molecule has 2 atom stereocenters. The number of amides is 2. The summed E-state index contributed by atoms with van der Waals surface area (Å²) in [5.41, 5.74) is -0.616. The highest BCUT2D eigenvalue weighted by atomic mass is 16.6. The first-order chi connectivity index (χ1) is 15.6. The van der Waals surface area contributed by atoms with Gasteiger partial charge in [-0.25, -0.2) is 19.2 Å². The number of carbonyl (C=O) groups excluding carboxylic acids is 5. The second-order valence-electron chi connectivity index (χ2n) is 7.08. The molecule has 0 saturated heterocycles. The highest BCUT2D eigenvalue weighted by molar-refractivity contribution is 6.58. The summed E-state index contributed by atoms with van der Waals surface area (Å²) in [6.45, 7) is 6.99. The maximum atomic E-state index is 12.0. The molecule has 0 aromatic heterocycles. The van der Waals surface area contributed by atoms with E-state index in [1.165, 1.54) is 18.7 Å². The van der Waals surface area contributed by atoms with Crippen LogP contribution in [-0.2, 0) is 33.3 Å². The Balaban J connectivity index is 4.38. The fraction of sp³-hybridized carbons (Fsp3) is 0.750. The predicted octanol–water partition coefficient (Wildman–Crippen LogP) is 0.119. The zero-order chi connectivity index (χ0) is 25.2. The van der Waals surface area contributed by atoms with Crippen molar-refractivity contribution in [3.8, 4) is 0 Å². The van der Waals surface area contributed by atoms with E-state index in [4.69, 9.17) is 26.8 Å². The third-order valence-electron chi connectivity index (χ3n) is 3.93. The first kappa shape index (κ1) is 30.2. The normalized spacial score (nSPS) is 12.3. The Bertz CT molecular complexity index is 602. The topological polar surface area (TPSA) is 150 Å². The van der Waals surface area contributed by atoms with Crippen molar-refractivity contribution in [1.29, 1.82) is 0 Å². The van der Waals surface area contributed by atoms with Gasteiger partial charge < -0.3 is 34.4 Å². The summed E-state index contributed by atoms with van der Waals surface area (Å²) >= 11 is 0. The number of rotatable bonds is 16. The Labute approximate surface area is 195 Å². The fourth-order valence-electron chi connectivity index (χ4n) is 2.24. The standard InChI is InChI=1S/C20H34BN3O9/c1-5-9-32-19(28)22-14(3)17(26)30-11-7-24(13-16(21)25)8-12-31-18(27)15(4)23-20(29)33-10-6-2/h14-15H,5-13H2,1-4H3,(H,22,28)(H,23,29). The number of nitrogens with one attached hydrogen (secondary N) is 2. The maximum absolute atomic E-state index is 12.0. The Hall–Kier alpha value is -2.83. The van der Waals surface area contributed by atoms with Gasteiger partial charge in [-0.2, -0.15) is 0 Å². The zero-order valence-corrected chi connectivity index (χ0v) is 19.7. The van der Waals surface area contributed by atoms with Gasteiger partial charge in [0.05, 0.1) is 18.9 Å². The van der Waals surface area contributed by atoms with E-state index in [1.807, 2.05) is 13.8 Å². The minimum atomic E-state index is -0.919. The molecule has 2 N–H and O–H groups in total. The van der Waals surface area contributed by atoms with Crippen molar-refractivity contribution in [2.75, 3.05) is 46.1 Å². The molecule has 0 aliphatic carbocycles. The highest BCUT2D eigenvalue weighted by Crippen LogP contribution is 1.96. The minimum Gasteiger partial charge on any atom is -0.463 e. The van der Waals surface area contributed by atoms with E-state index in [2.05, 4.69) is 10.6 Å². The summed E-state index contributed by atoms with van der Waals surface area (Å²) in [5, 5.41) is 4.69. The first-order valence-electron chi connectivity index (χ1n) is 10.8. The van der Waals surface area contributed by atoms with E-state index in [9.17, 15) is 24.0 Å². The van der Waals surface area contributed by atoms with Crippen molar-refractivity contribution in [1.82, 2.24) is 15.5 Å². The third kappa shape index (κ3) is 15.6. The quantitative estimate of drug-likeness (QED) is 0.181. The highest BCUT2D eigenvalue weighted by Gasteiger charge is 2.20. The Morgan fingerprint density at radius 3 is 1.45 bits per heavy atom. The van der Waals surface area contributed by atoms with Crippen LogP contribution in [0.3, 0.4) is 0 Å². The molecule has 12 nitrogen and oxygen atoms in total. The van der Waals surface area contributed by atoms with Crippen LogP contribution >= 0.6 is 0 Å². The third-order valence-corrected chi connectivity index (χ3v) is 3.93. The lowest BCUT2D eigenvalue weighted by Crippen LogP contribution is -2.42. The second kappa shape index (κ2) is 17.7. The first-order valence-corrected chi connectivity index (χ1v) is 10.8. The maximum Gasteiger partial charge on any atom is 0.407 e. The van der Waals surface area contributed by atoms with Crippen LogP contribution < -0.4 is 10.6 Å². The van der Waals surface area contributed by atoms with Gasteiger partial charge in [-0.3, -0.25) is 4.90 Å². The van der Waals surface area contributed by atoms with Gasteiger partial charge in [0.1, 0.15) is 25.3 Å². The molecule has 33 heavy (non-hydrogen) atoms. The average molecular weight is 471 g/mol. The van der Waals surface area contributed by atoms with Crippen LogP contribution in [-0.4, -0.2) is 101 Å². The second-order valence-corrected chi connectivity index (χ2v) is 7.08. The zero-order valence-electron chi connectivity index (χ0n) is 19.7. The molecule has 0 spiro atoms. The van der Waals surface area contributed by atoms with Crippen molar-refractivity contribution >= 4 is 37.7 Å². The van der Waals surface area contributed by atoms with E-state index < -0.39 is 41.9 Å². The summed E-state index contributed by atoms with van der Waals surface area (Å²) < 4.78 is 19.8.